The topological polar surface area (TPSA) is 74.6 Å². The fraction of sp³-hybridized carbons (Fsp3) is 0.700. The number of rotatable bonds is 2. The number of carbonyl (C=O) groups is 2. The summed E-state index contributed by atoms with van der Waals surface area (Å²) in [6, 6.07) is 0. The van der Waals surface area contributed by atoms with E-state index in [2.05, 4.69) is 0 Å². The predicted octanol–water partition coefficient (Wildman–Crippen LogP) is 5.19. The Morgan fingerprint density at radius 1 is 0.680 bits per heavy atom. The maximum atomic E-state index is 11.3. The van der Waals surface area contributed by atoms with Crippen LogP contribution >= 0.6 is 0 Å². The minimum atomic E-state index is 0. The number of hydrogen-bond donors (Lipinski definition) is 2. The monoisotopic (exact) mass is 399 g/mol. The molecule has 0 aliphatic heterocycles. The number of allylic oxidation sites excluding steroid dienone is 4. The van der Waals surface area contributed by atoms with Crippen LogP contribution in [0.3, 0.4) is 0 Å². The first-order valence-corrected chi connectivity index (χ1v) is 9.16. The van der Waals surface area contributed by atoms with E-state index >= 15 is 0 Å². The summed E-state index contributed by atoms with van der Waals surface area (Å²) in [4.78, 5) is 22.6. The fourth-order valence-electron chi connectivity index (χ4n) is 2.99. The van der Waals surface area contributed by atoms with E-state index in [1.165, 1.54) is 0 Å². The van der Waals surface area contributed by atoms with Crippen molar-refractivity contribution in [3.8, 4) is 0 Å². The molecule has 0 unspecified atom stereocenters. The van der Waals surface area contributed by atoms with Gasteiger partial charge in [-0.25, -0.2) is 0 Å². The van der Waals surface area contributed by atoms with Crippen LogP contribution in [0.4, 0.5) is 0 Å². The number of aliphatic hydroxyl groups excluding tert-OH is 2. The normalized spacial score (nSPS) is 22.2. The van der Waals surface area contributed by atoms with E-state index in [4.69, 9.17) is 0 Å². The van der Waals surface area contributed by atoms with Crippen molar-refractivity contribution >= 4 is 11.6 Å². The molecule has 5 heteroatoms. The maximum absolute atomic E-state index is 11.3. The summed E-state index contributed by atoms with van der Waals surface area (Å²) in [5.74, 6) is 1.07. The first-order chi connectivity index (χ1) is 11.3. The Bertz CT molecular complexity index is 482. The van der Waals surface area contributed by atoms with Gasteiger partial charge in [-0.2, -0.15) is 0 Å². The summed E-state index contributed by atoms with van der Waals surface area (Å²) in [5, 5.41) is 19.2. The molecular weight excluding hydrogens is 368 g/mol. The van der Waals surface area contributed by atoms with Crippen LogP contribution in [0.1, 0.15) is 79.1 Å². The molecule has 0 spiro atoms. The molecule has 0 aromatic heterocycles. The smallest absolute Gasteiger partial charge is 0.162 e. The first kappa shape index (κ1) is 23.9. The third-order valence-electron chi connectivity index (χ3n) is 4.55. The summed E-state index contributed by atoms with van der Waals surface area (Å²) in [5.41, 5.74) is 1.35. The van der Waals surface area contributed by atoms with Gasteiger partial charge in [0, 0.05) is 52.9 Å². The largest absolute Gasteiger partial charge is 0.512 e. The number of Topliss-reactive ketones (excluding diaryl/α,β-unsaturated/α-hetero) is 2. The molecule has 0 heterocycles. The number of carbonyl (C=O) groups excluding carboxylic acids is 2. The van der Waals surface area contributed by atoms with E-state index in [-0.39, 0.29) is 40.5 Å². The van der Waals surface area contributed by atoms with Gasteiger partial charge in [0.1, 0.15) is 11.5 Å². The maximum Gasteiger partial charge on any atom is 0.162 e. The zero-order valence-electron chi connectivity index (χ0n) is 15.8. The Labute approximate surface area is 162 Å². The standard InChI is InChI=1S/2C10H16O2.Cu/c2*1-7(2)10(12)8-5-3-4-6-9(8)11;/h2*7,12H,3-6H2,1-2H3;/b2*10-8-;. The van der Waals surface area contributed by atoms with Crippen molar-refractivity contribution < 1.29 is 36.9 Å². The summed E-state index contributed by atoms with van der Waals surface area (Å²) in [6.07, 6.45) is 6.81. The molecule has 2 aliphatic carbocycles. The minimum Gasteiger partial charge on any atom is -0.512 e. The van der Waals surface area contributed by atoms with E-state index in [1.807, 2.05) is 27.7 Å². The summed E-state index contributed by atoms with van der Waals surface area (Å²) < 4.78 is 0. The van der Waals surface area contributed by atoms with Gasteiger partial charge in [-0.3, -0.25) is 9.59 Å². The van der Waals surface area contributed by atoms with Crippen molar-refractivity contribution in [2.75, 3.05) is 0 Å². The SMILES string of the molecule is CC(C)/C(O)=C1\CCCCC1=O.CC(C)/C(O)=C1\CCCCC1=O.[Cu]. The van der Waals surface area contributed by atoms with E-state index < -0.39 is 0 Å². The van der Waals surface area contributed by atoms with Crippen molar-refractivity contribution in [1.82, 2.24) is 0 Å². The average Bonchev–Trinajstić information content (AvgIpc) is 2.55. The van der Waals surface area contributed by atoms with Crippen molar-refractivity contribution in [1.29, 1.82) is 0 Å². The van der Waals surface area contributed by atoms with E-state index in [0.29, 0.717) is 35.5 Å². The Balaban J connectivity index is 0.000000443. The third-order valence-corrected chi connectivity index (χ3v) is 4.55. The van der Waals surface area contributed by atoms with Crippen molar-refractivity contribution in [2.24, 2.45) is 11.8 Å². The van der Waals surface area contributed by atoms with Gasteiger partial charge < -0.3 is 10.2 Å². The van der Waals surface area contributed by atoms with Crippen molar-refractivity contribution in [2.45, 2.75) is 79.1 Å². The molecule has 25 heavy (non-hydrogen) atoms. The minimum absolute atomic E-state index is 0. The molecule has 2 N–H and O–H groups in total. The van der Waals surface area contributed by atoms with Gasteiger partial charge in [0.2, 0.25) is 0 Å². The van der Waals surface area contributed by atoms with Crippen LogP contribution in [-0.2, 0) is 26.7 Å². The van der Waals surface area contributed by atoms with E-state index in [9.17, 15) is 19.8 Å². The van der Waals surface area contributed by atoms with Crippen molar-refractivity contribution in [3.05, 3.63) is 22.7 Å². The molecule has 0 saturated heterocycles. The van der Waals surface area contributed by atoms with Crippen LogP contribution in [0.15, 0.2) is 22.7 Å². The van der Waals surface area contributed by atoms with E-state index in [1.54, 1.807) is 0 Å². The molecule has 147 valence electrons. The van der Waals surface area contributed by atoms with Crippen LogP contribution < -0.4 is 0 Å². The van der Waals surface area contributed by atoms with Gasteiger partial charge >= 0.3 is 0 Å². The molecule has 0 bridgehead atoms. The number of aliphatic hydroxyl groups is 2. The molecular formula is C20H32CuO4. The van der Waals surface area contributed by atoms with Gasteiger partial charge in [0.05, 0.1) is 0 Å². The van der Waals surface area contributed by atoms with Crippen LogP contribution in [0, 0.1) is 11.8 Å². The third kappa shape index (κ3) is 7.37. The Hall–Kier alpha value is -1.06. The molecule has 4 nitrogen and oxygen atoms in total. The summed E-state index contributed by atoms with van der Waals surface area (Å²) in [7, 11) is 0. The molecule has 0 atom stereocenters. The van der Waals surface area contributed by atoms with Gasteiger partial charge in [-0.15, -0.1) is 0 Å². The quantitative estimate of drug-likeness (QED) is 0.380. The van der Waals surface area contributed by atoms with Crippen LogP contribution in [0.2, 0.25) is 0 Å². The zero-order chi connectivity index (χ0) is 18.3. The number of hydrogen-bond acceptors (Lipinski definition) is 4. The molecule has 2 fully saturated rings. The summed E-state index contributed by atoms with van der Waals surface area (Å²) >= 11 is 0. The van der Waals surface area contributed by atoms with Crippen LogP contribution in [-0.4, -0.2) is 21.8 Å². The Morgan fingerprint density at radius 2 is 0.960 bits per heavy atom. The van der Waals surface area contributed by atoms with Crippen molar-refractivity contribution in [3.63, 3.8) is 0 Å². The van der Waals surface area contributed by atoms with Gasteiger partial charge in [-0.1, -0.05) is 27.7 Å². The fourth-order valence-corrected chi connectivity index (χ4v) is 2.99. The molecule has 2 aliphatic rings. The molecule has 0 aromatic rings. The molecule has 0 amide bonds. The second-order valence-electron chi connectivity index (χ2n) is 7.30. The molecule has 2 saturated carbocycles. The molecule has 2 rings (SSSR count). The first-order valence-electron chi connectivity index (χ1n) is 9.16. The van der Waals surface area contributed by atoms with Gasteiger partial charge in [-0.05, 0) is 38.5 Å². The number of ketones is 2. The Kier molecular flexibility index (Phi) is 11.0. The van der Waals surface area contributed by atoms with E-state index in [0.717, 1.165) is 38.5 Å². The zero-order valence-corrected chi connectivity index (χ0v) is 16.8. The molecule has 0 aromatic carbocycles. The van der Waals surface area contributed by atoms with Gasteiger partial charge in [0.15, 0.2) is 11.6 Å². The average molecular weight is 400 g/mol. The van der Waals surface area contributed by atoms with Crippen LogP contribution in [0.25, 0.3) is 0 Å². The second-order valence-corrected chi connectivity index (χ2v) is 7.30. The molecule has 1 radical (unpaired) electrons. The summed E-state index contributed by atoms with van der Waals surface area (Å²) in [6.45, 7) is 7.63. The Morgan fingerprint density at radius 3 is 1.20 bits per heavy atom. The predicted molar refractivity (Wildman–Crippen MR) is 95.9 cm³/mol. The van der Waals surface area contributed by atoms with Gasteiger partial charge in [0.25, 0.3) is 0 Å². The second kappa shape index (κ2) is 11.5. The van der Waals surface area contributed by atoms with Crippen LogP contribution in [0.5, 0.6) is 0 Å².